The lowest BCUT2D eigenvalue weighted by molar-refractivity contribution is -0.144. The Bertz CT molecular complexity index is 404. The van der Waals surface area contributed by atoms with E-state index in [2.05, 4.69) is 29.8 Å². The summed E-state index contributed by atoms with van der Waals surface area (Å²) in [5.74, 6) is 0.280. The van der Waals surface area contributed by atoms with Gasteiger partial charge in [-0.2, -0.15) is 0 Å². The molecule has 3 atom stereocenters. The first-order chi connectivity index (χ1) is 7.63. The molecule has 2 aliphatic carbocycles. The molecule has 4 heteroatoms. The molecule has 0 saturated heterocycles. The Balaban J connectivity index is 2.62. The minimum atomic E-state index is -0.567. The van der Waals surface area contributed by atoms with E-state index < -0.39 is 5.41 Å². The van der Waals surface area contributed by atoms with Crippen LogP contribution in [0.25, 0.3) is 0 Å². The molecule has 0 heterocycles. The zero-order chi connectivity index (χ0) is 13.2. The van der Waals surface area contributed by atoms with Gasteiger partial charge in [0.05, 0.1) is 10.2 Å². The Kier molecular flexibility index (Phi) is 2.57. The largest absolute Gasteiger partial charge is 0.348 e. The van der Waals surface area contributed by atoms with Crippen molar-refractivity contribution >= 4 is 27.6 Å². The second kappa shape index (κ2) is 3.34. The first kappa shape index (κ1) is 13.1. The Labute approximate surface area is 111 Å². The van der Waals surface area contributed by atoms with Crippen LogP contribution in [-0.2, 0) is 9.59 Å². The number of nitrogens with zero attached hydrogens (tertiary/aromatic N) is 1. The molecule has 96 valence electrons. The molecular formula is C13H20BrNO2. The Hall–Kier alpha value is -0.380. The van der Waals surface area contributed by atoms with Crippen LogP contribution >= 0.6 is 15.9 Å². The van der Waals surface area contributed by atoms with Gasteiger partial charge in [-0.25, -0.2) is 0 Å². The number of hydrogen-bond acceptors (Lipinski definition) is 2. The van der Waals surface area contributed by atoms with Gasteiger partial charge in [0.1, 0.15) is 0 Å². The SMILES string of the molecule is CN(C)C(=O)[C@]12CC[C@](C)(C(=O)[C@H]1Br)C2(C)C. The highest BCUT2D eigenvalue weighted by atomic mass is 79.9. The van der Waals surface area contributed by atoms with Gasteiger partial charge < -0.3 is 4.90 Å². The van der Waals surface area contributed by atoms with Gasteiger partial charge in [-0.3, -0.25) is 9.59 Å². The topological polar surface area (TPSA) is 37.4 Å². The molecule has 0 aliphatic heterocycles. The second-order valence-corrected chi connectivity index (χ2v) is 7.27. The Morgan fingerprint density at radius 3 is 2.18 bits per heavy atom. The van der Waals surface area contributed by atoms with Crippen LogP contribution in [0.5, 0.6) is 0 Å². The van der Waals surface area contributed by atoms with Crippen molar-refractivity contribution in [2.75, 3.05) is 14.1 Å². The highest BCUT2D eigenvalue weighted by Gasteiger charge is 2.76. The number of ketones is 1. The van der Waals surface area contributed by atoms with E-state index in [0.717, 1.165) is 12.8 Å². The van der Waals surface area contributed by atoms with Crippen LogP contribution in [0.2, 0.25) is 0 Å². The van der Waals surface area contributed by atoms with Gasteiger partial charge in [0.2, 0.25) is 5.91 Å². The van der Waals surface area contributed by atoms with Gasteiger partial charge in [0.25, 0.3) is 0 Å². The van der Waals surface area contributed by atoms with Crippen molar-refractivity contribution in [2.45, 2.75) is 38.4 Å². The molecule has 0 aromatic rings. The number of amides is 1. The van der Waals surface area contributed by atoms with Crippen LogP contribution in [-0.4, -0.2) is 35.5 Å². The normalized spacial score (nSPS) is 42.9. The molecule has 3 nitrogen and oxygen atoms in total. The van der Waals surface area contributed by atoms with Crippen molar-refractivity contribution in [1.29, 1.82) is 0 Å². The third kappa shape index (κ3) is 1.13. The van der Waals surface area contributed by atoms with Crippen LogP contribution in [0.15, 0.2) is 0 Å². The molecule has 0 aromatic carbocycles. The zero-order valence-electron chi connectivity index (χ0n) is 11.1. The molecule has 0 spiro atoms. The molecule has 0 radical (unpaired) electrons. The molecule has 0 N–H and O–H groups in total. The van der Waals surface area contributed by atoms with E-state index in [4.69, 9.17) is 0 Å². The summed E-state index contributed by atoms with van der Waals surface area (Å²) < 4.78 is 0. The first-order valence-electron chi connectivity index (χ1n) is 6.03. The summed E-state index contributed by atoms with van der Waals surface area (Å²) in [6.07, 6.45) is 1.62. The van der Waals surface area contributed by atoms with Gasteiger partial charge in [-0.05, 0) is 18.3 Å². The predicted molar refractivity (Wildman–Crippen MR) is 70.0 cm³/mol. The number of carbonyl (C=O) groups excluding carboxylic acids is 2. The summed E-state index contributed by atoms with van der Waals surface area (Å²) in [5, 5.41) is 0. The first-order valence-corrected chi connectivity index (χ1v) is 6.94. The van der Waals surface area contributed by atoms with Crippen LogP contribution < -0.4 is 0 Å². The molecule has 1 amide bonds. The fraction of sp³-hybridized carbons (Fsp3) is 0.846. The van der Waals surface area contributed by atoms with Gasteiger partial charge in [-0.15, -0.1) is 0 Å². The number of carbonyl (C=O) groups is 2. The van der Waals surface area contributed by atoms with Crippen molar-refractivity contribution in [3.63, 3.8) is 0 Å². The molecule has 2 rings (SSSR count). The van der Waals surface area contributed by atoms with Gasteiger partial charge in [0.15, 0.2) is 5.78 Å². The van der Waals surface area contributed by atoms with E-state index in [1.807, 2.05) is 6.92 Å². The number of hydrogen-bond donors (Lipinski definition) is 0. The zero-order valence-corrected chi connectivity index (χ0v) is 12.7. The van der Waals surface area contributed by atoms with Crippen molar-refractivity contribution < 1.29 is 9.59 Å². The maximum atomic E-state index is 12.6. The van der Waals surface area contributed by atoms with E-state index in [0.29, 0.717) is 0 Å². The van der Waals surface area contributed by atoms with Crippen LogP contribution in [0.4, 0.5) is 0 Å². The standard InChI is InChI=1S/C13H20BrNO2/c1-11(2)12(3)6-7-13(11,8(14)9(12)16)10(17)15(4)5/h8H,6-7H2,1-5H3/t8-,12-,13+/m1/s1. The molecular weight excluding hydrogens is 282 g/mol. The average Bonchev–Trinajstić information content (AvgIpc) is 2.50. The monoisotopic (exact) mass is 301 g/mol. The van der Waals surface area contributed by atoms with E-state index in [9.17, 15) is 9.59 Å². The minimum Gasteiger partial charge on any atom is -0.348 e. The van der Waals surface area contributed by atoms with E-state index in [-0.39, 0.29) is 27.3 Å². The lowest BCUT2D eigenvalue weighted by Gasteiger charge is -2.41. The van der Waals surface area contributed by atoms with E-state index in [1.165, 1.54) is 0 Å². The fourth-order valence-electron chi connectivity index (χ4n) is 3.82. The lowest BCUT2D eigenvalue weighted by Crippen LogP contribution is -2.50. The highest BCUT2D eigenvalue weighted by Crippen LogP contribution is 2.72. The van der Waals surface area contributed by atoms with Crippen molar-refractivity contribution in [3.8, 4) is 0 Å². The summed E-state index contributed by atoms with van der Waals surface area (Å²) in [6, 6.07) is 0. The number of alkyl halides is 1. The van der Waals surface area contributed by atoms with Crippen LogP contribution in [0, 0.1) is 16.2 Å². The number of rotatable bonds is 1. The number of fused-ring (bicyclic) bond motifs is 2. The lowest BCUT2D eigenvalue weighted by atomic mass is 9.64. The quantitative estimate of drug-likeness (QED) is 0.697. The maximum Gasteiger partial charge on any atom is 0.230 e. The maximum absolute atomic E-state index is 12.6. The predicted octanol–water partition coefficient (Wildman–Crippen LogP) is 2.23. The van der Waals surface area contributed by atoms with Gasteiger partial charge in [0, 0.05) is 19.5 Å². The molecule has 0 aromatic heterocycles. The van der Waals surface area contributed by atoms with Crippen molar-refractivity contribution in [2.24, 2.45) is 16.2 Å². The minimum absolute atomic E-state index is 0.0824. The van der Waals surface area contributed by atoms with E-state index in [1.54, 1.807) is 19.0 Å². The third-order valence-electron chi connectivity index (χ3n) is 5.51. The smallest absolute Gasteiger partial charge is 0.230 e. The summed E-state index contributed by atoms with van der Waals surface area (Å²) in [7, 11) is 3.54. The van der Waals surface area contributed by atoms with Crippen LogP contribution in [0.1, 0.15) is 33.6 Å². The molecule has 17 heavy (non-hydrogen) atoms. The number of halogens is 1. The highest BCUT2D eigenvalue weighted by molar-refractivity contribution is 9.10. The molecule has 2 bridgehead atoms. The fourth-order valence-corrected chi connectivity index (χ4v) is 5.33. The third-order valence-corrected chi connectivity index (χ3v) is 6.71. The summed E-state index contributed by atoms with van der Waals surface area (Å²) in [6.45, 7) is 6.16. The summed E-state index contributed by atoms with van der Waals surface area (Å²) in [4.78, 5) is 26.3. The van der Waals surface area contributed by atoms with Gasteiger partial charge in [-0.1, -0.05) is 36.7 Å². The Morgan fingerprint density at radius 2 is 1.82 bits per heavy atom. The van der Waals surface area contributed by atoms with Crippen molar-refractivity contribution in [1.82, 2.24) is 4.90 Å². The Morgan fingerprint density at radius 1 is 1.29 bits per heavy atom. The molecule has 2 aliphatic rings. The van der Waals surface area contributed by atoms with Crippen LogP contribution in [0.3, 0.4) is 0 Å². The molecule has 0 unspecified atom stereocenters. The van der Waals surface area contributed by atoms with E-state index >= 15 is 0 Å². The average molecular weight is 302 g/mol. The van der Waals surface area contributed by atoms with Gasteiger partial charge >= 0.3 is 0 Å². The second-order valence-electron chi connectivity index (χ2n) is 6.35. The molecule has 2 saturated carbocycles. The summed E-state index contributed by atoms with van der Waals surface area (Å²) in [5.41, 5.74) is -1.22. The number of Topliss-reactive ketones (excluding diaryl/α,β-unsaturated/α-hetero) is 1. The summed E-state index contributed by atoms with van der Waals surface area (Å²) >= 11 is 3.50. The molecule has 2 fully saturated rings. The van der Waals surface area contributed by atoms with Crippen molar-refractivity contribution in [3.05, 3.63) is 0 Å².